The molecular formula is C19H20N4O3S3. The molecule has 0 fully saturated rings. The van der Waals surface area contributed by atoms with Crippen LogP contribution in [0.4, 0.5) is 16.5 Å². The van der Waals surface area contributed by atoms with Crippen molar-refractivity contribution < 1.29 is 13.2 Å². The van der Waals surface area contributed by atoms with E-state index in [4.69, 9.17) is 0 Å². The van der Waals surface area contributed by atoms with Crippen LogP contribution in [0.1, 0.15) is 22.8 Å². The Kier molecular flexibility index (Phi) is 6.56. The number of aromatic nitrogens is 2. The largest absolute Gasteiger partial charge is 0.330 e. The zero-order chi connectivity index (χ0) is 21.0. The molecule has 0 aliphatic carbocycles. The lowest BCUT2D eigenvalue weighted by Crippen LogP contribution is -2.14. The van der Waals surface area contributed by atoms with E-state index in [-0.39, 0.29) is 11.0 Å². The van der Waals surface area contributed by atoms with E-state index in [1.807, 2.05) is 38.1 Å². The maximum atomic E-state index is 12.7. The van der Waals surface area contributed by atoms with Crippen LogP contribution in [0.25, 0.3) is 0 Å². The number of hydrogen-bond donors (Lipinski definition) is 2. The Labute approximate surface area is 178 Å². The van der Waals surface area contributed by atoms with Gasteiger partial charge in [-0.2, -0.15) is 0 Å². The minimum atomic E-state index is -3.35. The normalized spacial score (nSPS) is 12.4. The Morgan fingerprint density at radius 1 is 1.10 bits per heavy atom. The van der Waals surface area contributed by atoms with Gasteiger partial charge in [-0.3, -0.25) is 9.52 Å². The van der Waals surface area contributed by atoms with Crippen LogP contribution in [0.2, 0.25) is 0 Å². The quantitative estimate of drug-likeness (QED) is 0.391. The van der Waals surface area contributed by atoms with E-state index in [0.29, 0.717) is 20.7 Å². The summed E-state index contributed by atoms with van der Waals surface area (Å²) in [6, 6.07) is 14.3. The van der Waals surface area contributed by atoms with Gasteiger partial charge in [0, 0.05) is 16.9 Å². The number of ketones is 1. The van der Waals surface area contributed by atoms with Crippen molar-refractivity contribution in [2.45, 2.75) is 23.4 Å². The number of carbonyl (C=O) groups excluding carboxylic acids is 1. The third kappa shape index (κ3) is 6.02. The highest BCUT2D eigenvalue weighted by atomic mass is 32.2. The molecule has 29 heavy (non-hydrogen) atoms. The first kappa shape index (κ1) is 21.3. The Morgan fingerprint density at radius 2 is 1.79 bits per heavy atom. The summed E-state index contributed by atoms with van der Waals surface area (Å²) >= 11 is 2.73. The summed E-state index contributed by atoms with van der Waals surface area (Å²) in [5, 5.41) is 11.8. The smallest absolute Gasteiger partial charge is 0.229 e. The second-order valence-corrected chi connectivity index (χ2v) is 10.7. The molecule has 2 aromatic carbocycles. The number of para-hydroxylation sites is 1. The lowest BCUT2D eigenvalue weighted by molar-refractivity contribution is 0.0994. The first-order valence-corrected chi connectivity index (χ1v) is 12.2. The van der Waals surface area contributed by atoms with Crippen molar-refractivity contribution in [2.24, 2.45) is 0 Å². The van der Waals surface area contributed by atoms with E-state index in [1.165, 1.54) is 23.1 Å². The number of rotatable bonds is 8. The molecule has 0 spiro atoms. The molecule has 1 atom stereocenters. The molecule has 0 radical (unpaired) electrons. The van der Waals surface area contributed by atoms with Gasteiger partial charge in [-0.1, -0.05) is 41.3 Å². The summed E-state index contributed by atoms with van der Waals surface area (Å²) in [5.41, 5.74) is 2.99. The number of Topliss-reactive ketones (excluding diaryl/α,β-unsaturated/α-hetero) is 1. The molecule has 0 unspecified atom stereocenters. The lowest BCUT2D eigenvalue weighted by Gasteiger charge is -2.09. The van der Waals surface area contributed by atoms with Crippen LogP contribution >= 0.6 is 23.1 Å². The van der Waals surface area contributed by atoms with Crippen LogP contribution in [0.3, 0.4) is 0 Å². The molecular weight excluding hydrogens is 428 g/mol. The molecule has 1 aromatic heterocycles. The zero-order valence-corrected chi connectivity index (χ0v) is 18.5. The highest BCUT2D eigenvalue weighted by Gasteiger charge is 2.19. The molecule has 152 valence electrons. The Bertz CT molecular complexity index is 1110. The van der Waals surface area contributed by atoms with Gasteiger partial charge < -0.3 is 5.32 Å². The molecule has 10 heteroatoms. The summed E-state index contributed by atoms with van der Waals surface area (Å²) < 4.78 is 25.6. The van der Waals surface area contributed by atoms with Gasteiger partial charge in [-0.25, -0.2) is 8.42 Å². The second kappa shape index (κ2) is 8.93. The van der Waals surface area contributed by atoms with Crippen molar-refractivity contribution in [1.29, 1.82) is 0 Å². The van der Waals surface area contributed by atoms with Crippen LogP contribution in [0, 0.1) is 6.92 Å². The topological polar surface area (TPSA) is 101 Å². The number of carbonyl (C=O) groups is 1. The van der Waals surface area contributed by atoms with Crippen molar-refractivity contribution in [2.75, 3.05) is 16.3 Å². The number of sulfonamides is 1. The molecule has 0 amide bonds. The van der Waals surface area contributed by atoms with Crippen molar-refractivity contribution in [3.63, 3.8) is 0 Å². The summed E-state index contributed by atoms with van der Waals surface area (Å²) in [7, 11) is -3.35. The molecule has 3 rings (SSSR count). The highest BCUT2D eigenvalue weighted by Crippen LogP contribution is 2.32. The van der Waals surface area contributed by atoms with Crippen LogP contribution in [0.15, 0.2) is 52.9 Å². The summed E-state index contributed by atoms with van der Waals surface area (Å²) in [5.74, 6) is -0.0653. The van der Waals surface area contributed by atoms with Crippen molar-refractivity contribution in [3.8, 4) is 0 Å². The molecule has 1 heterocycles. The number of hydrogen-bond acceptors (Lipinski definition) is 8. The maximum absolute atomic E-state index is 12.7. The van der Waals surface area contributed by atoms with Gasteiger partial charge in [0.25, 0.3) is 0 Å². The second-order valence-electron chi connectivity index (χ2n) is 6.39. The fourth-order valence-electron chi connectivity index (χ4n) is 2.49. The van der Waals surface area contributed by atoms with Crippen LogP contribution in [0.5, 0.6) is 0 Å². The van der Waals surface area contributed by atoms with E-state index >= 15 is 0 Å². The van der Waals surface area contributed by atoms with Crippen molar-refractivity contribution >= 4 is 55.4 Å². The molecule has 0 bridgehead atoms. The van der Waals surface area contributed by atoms with Gasteiger partial charge in [-0.05, 0) is 49.7 Å². The number of nitrogens with zero attached hydrogens (tertiary/aromatic N) is 2. The third-order valence-electron chi connectivity index (χ3n) is 3.91. The number of thioether (sulfide) groups is 1. The highest BCUT2D eigenvalue weighted by molar-refractivity contribution is 8.02. The zero-order valence-electron chi connectivity index (χ0n) is 16.0. The third-order valence-corrected chi connectivity index (χ3v) is 6.54. The Hall–Kier alpha value is -2.43. The average Bonchev–Trinajstić information content (AvgIpc) is 3.09. The Balaban J connectivity index is 1.63. The molecule has 0 saturated heterocycles. The fraction of sp³-hybridized carbons (Fsp3) is 0.211. The maximum Gasteiger partial charge on any atom is 0.229 e. The summed E-state index contributed by atoms with van der Waals surface area (Å²) in [6.45, 7) is 3.82. The van der Waals surface area contributed by atoms with E-state index < -0.39 is 10.0 Å². The molecule has 0 aliphatic heterocycles. The van der Waals surface area contributed by atoms with E-state index in [2.05, 4.69) is 20.2 Å². The minimum Gasteiger partial charge on any atom is -0.330 e. The molecule has 0 saturated carbocycles. The minimum absolute atomic E-state index is 0.0653. The predicted octanol–water partition coefficient (Wildman–Crippen LogP) is 4.33. The van der Waals surface area contributed by atoms with Gasteiger partial charge in [0.05, 0.1) is 11.5 Å². The number of benzene rings is 2. The van der Waals surface area contributed by atoms with Gasteiger partial charge in [0.2, 0.25) is 15.2 Å². The summed E-state index contributed by atoms with van der Waals surface area (Å²) in [6.07, 6.45) is 1.08. The summed E-state index contributed by atoms with van der Waals surface area (Å²) in [4.78, 5) is 12.7. The van der Waals surface area contributed by atoms with E-state index in [0.717, 1.165) is 17.5 Å². The average molecular weight is 449 g/mol. The van der Waals surface area contributed by atoms with E-state index in [9.17, 15) is 13.2 Å². The first-order chi connectivity index (χ1) is 13.7. The van der Waals surface area contributed by atoms with E-state index in [1.54, 1.807) is 24.3 Å². The number of aryl methyl sites for hydroxylation is 1. The lowest BCUT2D eigenvalue weighted by atomic mass is 10.1. The molecule has 7 nitrogen and oxygen atoms in total. The van der Waals surface area contributed by atoms with Crippen LogP contribution in [-0.4, -0.2) is 35.9 Å². The number of anilines is 3. The molecule has 3 aromatic rings. The van der Waals surface area contributed by atoms with Crippen LogP contribution < -0.4 is 10.0 Å². The predicted molar refractivity (Wildman–Crippen MR) is 119 cm³/mol. The van der Waals surface area contributed by atoms with Gasteiger partial charge >= 0.3 is 0 Å². The standard InChI is InChI=1S/C19H20N4O3S3/c1-12-6-4-5-7-16(12)20-18-21-22-19(28-18)27-13(2)17(24)14-8-10-15(11-9-14)23-29(3,25)26/h4-11,13,23H,1-3H3,(H,20,21)/t13-/m0/s1. The molecule has 2 N–H and O–H groups in total. The Morgan fingerprint density at radius 3 is 2.45 bits per heavy atom. The van der Waals surface area contributed by atoms with Crippen molar-refractivity contribution in [1.82, 2.24) is 10.2 Å². The SMILES string of the molecule is Cc1ccccc1Nc1nnc(S[C@@H](C)C(=O)c2ccc(NS(C)(=O)=O)cc2)s1. The first-order valence-electron chi connectivity index (χ1n) is 8.66. The van der Waals surface area contributed by atoms with Crippen molar-refractivity contribution in [3.05, 3.63) is 59.7 Å². The fourth-order valence-corrected chi connectivity index (χ4v) is 5.04. The van der Waals surface area contributed by atoms with Gasteiger partial charge in [0.15, 0.2) is 10.1 Å². The van der Waals surface area contributed by atoms with Crippen LogP contribution in [-0.2, 0) is 10.0 Å². The van der Waals surface area contributed by atoms with Gasteiger partial charge in [0.1, 0.15) is 0 Å². The number of nitrogens with one attached hydrogen (secondary N) is 2. The monoisotopic (exact) mass is 448 g/mol. The van der Waals surface area contributed by atoms with Gasteiger partial charge in [-0.15, -0.1) is 10.2 Å². The molecule has 0 aliphatic rings.